The van der Waals surface area contributed by atoms with Gasteiger partial charge in [0.2, 0.25) is 0 Å². The Morgan fingerprint density at radius 2 is 2.21 bits per heavy atom. The van der Waals surface area contributed by atoms with Crippen molar-refractivity contribution in [3.63, 3.8) is 0 Å². The topological polar surface area (TPSA) is 23.5 Å². The molecule has 2 rings (SSSR count). The van der Waals surface area contributed by atoms with Crippen LogP contribution >= 0.6 is 0 Å². The Hall–Kier alpha value is -1.37. The molecule has 0 amide bonds. The molecule has 1 aliphatic rings. The van der Waals surface area contributed by atoms with Crippen molar-refractivity contribution in [3.8, 4) is 11.8 Å². The monoisotopic (exact) mass is 261 g/mol. The number of nitrogens with zero attached hydrogens (tertiary/aromatic N) is 1. The lowest BCUT2D eigenvalue weighted by Crippen LogP contribution is -2.25. The summed E-state index contributed by atoms with van der Waals surface area (Å²) in [5, 5.41) is 8.62. The SMILES string of the molecule is CCN(Cc1ccc(C#CCO)cc1F)CC1CC1. The first-order valence-corrected chi connectivity index (χ1v) is 6.83. The van der Waals surface area contributed by atoms with Crippen LogP contribution in [0.3, 0.4) is 0 Å². The van der Waals surface area contributed by atoms with Gasteiger partial charge in [0.15, 0.2) is 0 Å². The zero-order valence-electron chi connectivity index (χ0n) is 11.3. The van der Waals surface area contributed by atoms with Gasteiger partial charge in [-0.15, -0.1) is 0 Å². The van der Waals surface area contributed by atoms with Crippen molar-refractivity contribution < 1.29 is 9.50 Å². The van der Waals surface area contributed by atoms with Crippen LogP contribution in [0.2, 0.25) is 0 Å². The third kappa shape index (κ3) is 4.34. The molecule has 0 aromatic heterocycles. The third-order valence-corrected chi connectivity index (χ3v) is 3.42. The lowest BCUT2D eigenvalue weighted by molar-refractivity contribution is 0.264. The lowest BCUT2D eigenvalue weighted by Gasteiger charge is -2.20. The number of aliphatic hydroxyl groups excluding tert-OH is 1. The molecule has 0 aliphatic heterocycles. The molecule has 0 saturated heterocycles. The highest BCUT2D eigenvalue weighted by Gasteiger charge is 2.23. The molecule has 2 nitrogen and oxygen atoms in total. The van der Waals surface area contributed by atoms with Crippen LogP contribution in [0, 0.1) is 23.6 Å². The van der Waals surface area contributed by atoms with E-state index >= 15 is 0 Å². The molecule has 0 atom stereocenters. The predicted octanol–water partition coefficient (Wildman–Crippen LogP) is 2.40. The van der Waals surface area contributed by atoms with E-state index in [-0.39, 0.29) is 12.4 Å². The highest BCUT2D eigenvalue weighted by Crippen LogP contribution is 2.30. The first kappa shape index (κ1) is 14.0. The fourth-order valence-corrected chi connectivity index (χ4v) is 2.11. The predicted molar refractivity (Wildman–Crippen MR) is 74.0 cm³/mol. The summed E-state index contributed by atoms with van der Waals surface area (Å²) >= 11 is 0. The van der Waals surface area contributed by atoms with Gasteiger partial charge >= 0.3 is 0 Å². The molecule has 1 aliphatic carbocycles. The molecular weight excluding hydrogens is 241 g/mol. The van der Waals surface area contributed by atoms with Crippen LogP contribution in [0.15, 0.2) is 18.2 Å². The van der Waals surface area contributed by atoms with E-state index in [4.69, 9.17) is 5.11 Å². The van der Waals surface area contributed by atoms with E-state index in [2.05, 4.69) is 23.7 Å². The maximum atomic E-state index is 14.0. The Kier molecular flexibility index (Phi) is 4.95. The van der Waals surface area contributed by atoms with E-state index < -0.39 is 0 Å². The number of halogens is 1. The van der Waals surface area contributed by atoms with Gasteiger partial charge in [0.1, 0.15) is 12.4 Å². The summed E-state index contributed by atoms with van der Waals surface area (Å²) in [5.41, 5.74) is 1.33. The molecule has 19 heavy (non-hydrogen) atoms. The number of benzene rings is 1. The molecule has 1 aromatic rings. The van der Waals surface area contributed by atoms with Crippen molar-refractivity contribution >= 4 is 0 Å². The minimum absolute atomic E-state index is 0.200. The van der Waals surface area contributed by atoms with Crippen LogP contribution in [0.1, 0.15) is 30.9 Å². The molecule has 0 radical (unpaired) electrons. The van der Waals surface area contributed by atoms with Crippen LogP contribution in [0.4, 0.5) is 4.39 Å². The first-order chi connectivity index (χ1) is 9.22. The van der Waals surface area contributed by atoms with Crippen molar-refractivity contribution in [2.24, 2.45) is 5.92 Å². The standard InChI is InChI=1S/C16H20FNO/c1-2-18(11-14-5-6-14)12-15-8-7-13(4-3-9-19)10-16(15)17/h7-8,10,14,19H,2,5-6,9,11-12H2,1H3. The van der Waals surface area contributed by atoms with Crippen LogP contribution in [-0.4, -0.2) is 29.7 Å². The maximum Gasteiger partial charge on any atom is 0.128 e. The Labute approximate surface area is 114 Å². The molecule has 0 unspecified atom stereocenters. The lowest BCUT2D eigenvalue weighted by atomic mass is 10.1. The molecule has 0 spiro atoms. The fraction of sp³-hybridized carbons (Fsp3) is 0.500. The molecule has 3 heteroatoms. The number of rotatable bonds is 5. The van der Waals surface area contributed by atoms with Crippen molar-refractivity contribution in [1.29, 1.82) is 0 Å². The van der Waals surface area contributed by atoms with Gasteiger partial charge in [-0.3, -0.25) is 4.90 Å². The van der Waals surface area contributed by atoms with Gasteiger partial charge in [0.05, 0.1) is 0 Å². The molecule has 1 N–H and O–H groups in total. The normalized spacial score (nSPS) is 14.3. The summed E-state index contributed by atoms with van der Waals surface area (Å²) < 4.78 is 14.0. The quantitative estimate of drug-likeness (QED) is 0.823. The number of hydrogen-bond donors (Lipinski definition) is 1. The van der Waals surface area contributed by atoms with Gasteiger partial charge in [-0.1, -0.05) is 24.8 Å². The highest BCUT2D eigenvalue weighted by atomic mass is 19.1. The van der Waals surface area contributed by atoms with Crippen molar-refractivity contribution in [3.05, 3.63) is 35.1 Å². The average molecular weight is 261 g/mol. The summed E-state index contributed by atoms with van der Waals surface area (Å²) in [7, 11) is 0. The highest BCUT2D eigenvalue weighted by molar-refractivity contribution is 5.37. The number of aliphatic hydroxyl groups is 1. The summed E-state index contributed by atoms with van der Waals surface area (Å²) in [5.74, 6) is 5.85. The van der Waals surface area contributed by atoms with E-state index in [1.807, 2.05) is 6.07 Å². The molecule has 102 valence electrons. The maximum absolute atomic E-state index is 14.0. The second kappa shape index (κ2) is 6.70. The van der Waals surface area contributed by atoms with Gasteiger partial charge in [-0.05, 0) is 37.4 Å². The van der Waals surface area contributed by atoms with Crippen LogP contribution in [-0.2, 0) is 6.54 Å². The minimum atomic E-state index is -0.209. The molecular formula is C16H20FNO. The summed E-state index contributed by atoms with van der Waals surface area (Å²) in [6, 6.07) is 5.06. The Morgan fingerprint density at radius 1 is 1.42 bits per heavy atom. The Morgan fingerprint density at radius 3 is 2.79 bits per heavy atom. The third-order valence-electron chi connectivity index (χ3n) is 3.42. The fourth-order valence-electron chi connectivity index (χ4n) is 2.11. The van der Waals surface area contributed by atoms with Crippen molar-refractivity contribution in [1.82, 2.24) is 4.90 Å². The van der Waals surface area contributed by atoms with Gasteiger partial charge in [-0.25, -0.2) is 4.39 Å². The smallest absolute Gasteiger partial charge is 0.128 e. The number of hydrogen-bond acceptors (Lipinski definition) is 2. The minimum Gasteiger partial charge on any atom is -0.384 e. The van der Waals surface area contributed by atoms with Gasteiger partial charge < -0.3 is 5.11 Å². The molecule has 1 saturated carbocycles. The second-order valence-corrected chi connectivity index (χ2v) is 5.04. The Balaban J connectivity index is 2.02. The van der Waals surface area contributed by atoms with Crippen LogP contribution in [0.5, 0.6) is 0 Å². The molecule has 0 heterocycles. The van der Waals surface area contributed by atoms with Gasteiger partial charge in [0, 0.05) is 24.2 Å². The molecule has 1 fully saturated rings. The van der Waals surface area contributed by atoms with Crippen LogP contribution in [0.25, 0.3) is 0 Å². The van der Waals surface area contributed by atoms with E-state index in [9.17, 15) is 4.39 Å². The second-order valence-electron chi connectivity index (χ2n) is 5.04. The molecule has 0 bridgehead atoms. The van der Waals surface area contributed by atoms with E-state index in [1.54, 1.807) is 6.07 Å². The van der Waals surface area contributed by atoms with Crippen molar-refractivity contribution in [2.75, 3.05) is 19.7 Å². The zero-order valence-corrected chi connectivity index (χ0v) is 11.3. The zero-order chi connectivity index (χ0) is 13.7. The summed E-state index contributed by atoms with van der Waals surface area (Å²) in [6.07, 6.45) is 2.63. The van der Waals surface area contributed by atoms with Crippen molar-refractivity contribution in [2.45, 2.75) is 26.3 Å². The first-order valence-electron chi connectivity index (χ1n) is 6.83. The summed E-state index contributed by atoms with van der Waals surface area (Å²) in [4.78, 5) is 2.29. The summed E-state index contributed by atoms with van der Waals surface area (Å²) in [6.45, 7) is 4.59. The van der Waals surface area contributed by atoms with Gasteiger partial charge in [-0.2, -0.15) is 0 Å². The van der Waals surface area contributed by atoms with Gasteiger partial charge in [0.25, 0.3) is 0 Å². The van der Waals surface area contributed by atoms with E-state index in [0.29, 0.717) is 12.1 Å². The Bertz CT molecular complexity index is 485. The van der Waals surface area contributed by atoms with Crippen LogP contribution < -0.4 is 0 Å². The largest absolute Gasteiger partial charge is 0.384 e. The average Bonchev–Trinajstić information content (AvgIpc) is 3.22. The molecule has 1 aromatic carbocycles. The van der Waals surface area contributed by atoms with E-state index in [0.717, 1.165) is 24.6 Å². The van der Waals surface area contributed by atoms with E-state index in [1.165, 1.54) is 18.9 Å².